The zero-order valence-electron chi connectivity index (χ0n) is 11.5. The second-order valence-corrected chi connectivity index (χ2v) is 4.96. The predicted molar refractivity (Wildman–Crippen MR) is 74.3 cm³/mol. The highest BCUT2D eigenvalue weighted by Crippen LogP contribution is 2.25. The first kappa shape index (κ1) is 13.9. The van der Waals surface area contributed by atoms with Crippen molar-refractivity contribution >= 4 is 11.6 Å². The standard InChI is InChI=1S/C15H21NO3/c1-11(12-7-9-19-10-8-12)15(17)16-13-3-5-14(18-2)6-4-13/h3-6,11-12H,7-10H2,1-2H3,(H,16,17). The van der Waals surface area contributed by atoms with E-state index in [4.69, 9.17) is 9.47 Å². The van der Waals surface area contributed by atoms with E-state index in [0.717, 1.165) is 37.5 Å². The Kier molecular flexibility index (Phi) is 4.80. The molecular formula is C15H21NO3. The molecule has 0 aromatic heterocycles. The summed E-state index contributed by atoms with van der Waals surface area (Å²) in [6.45, 7) is 3.53. The third-order valence-corrected chi connectivity index (χ3v) is 3.74. The molecule has 4 nitrogen and oxygen atoms in total. The van der Waals surface area contributed by atoms with Crippen LogP contribution in [0.25, 0.3) is 0 Å². The highest BCUT2D eigenvalue weighted by atomic mass is 16.5. The molecule has 0 saturated carbocycles. The van der Waals surface area contributed by atoms with Crippen molar-refractivity contribution < 1.29 is 14.3 Å². The van der Waals surface area contributed by atoms with E-state index in [1.165, 1.54) is 0 Å². The van der Waals surface area contributed by atoms with E-state index >= 15 is 0 Å². The number of nitrogens with one attached hydrogen (secondary N) is 1. The Labute approximate surface area is 114 Å². The molecule has 1 aliphatic heterocycles. The van der Waals surface area contributed by atoms with Gasteiger partial charge in [-0.3, -0.25) is 4.79 Å². The molecule has 1 aromatic rings. The molecule has 0 aliphatic carbocycles. The van der Waals surface area contributed by atoms with Gasteiger partial charge in [-0.1, -0.05) is 6.92 Å². The van der Waals surface area contributed by atoms with Crippen molar-refractivity contribution in [3.63, 3.8) is 0 Å². The van der Waals surface area contributed by atoms with Gasteiger partial charge in [-0.25, -0.2) is 0 Å². The number of carbonyl (C=O) groups is 1. The summed E-state index contributed by atoms with van der Waals surface area (Å²) >= 11 is 0. The van der Waals surface area contributed by atoms with Crippen LogP contribution in [0.4, 0.5) is 5.69 Å². The molecule has 19 heavy (non-hydrogen) atoms. The highest BCUT2D eigenvalue weighted by Gasteiger charge is 2.25. The molecule has 0 radical (unpaired) electrons. The average molecular weight is 263 g/mol. The maximum Gasteiger partial charge on any atom is 0.227 e. The number of hydrogen-bond donors (Lipinski definition) is 1. The van der Waals surface area contributed by atoms with Crippen LogP contribution in [-0.4, -0.2) is 26.2 Å². The Bertz CT molecular complexity index is 410. The lowest BCUT2D eigenvalue weighted by Crippen LogP contribution is -2.30. The van der Waals surface area contributed by atoms with Crippen LogP contribution in [0.5, 0.6) is 5.75 Å². The second kappa shape index (κ2) is 6.57. The van der Waals surface area contributed by atoms with Crippen molar-refractivity contribution in [3.05, 3.63) is 24.3 Å². The Hall–Kier alpha value is -1.55. The number of carbonyl (C=O) groups excluding carboxylic acids is 1. The number of benzene rings is 1. The minimum atomic E-state index is 0.0194. The summed E-state index contributed by atoms with van der Waals surface area (Å²) in [5.41, 5.74) is 0.810. The molecule has 1 aromatic carbocycles. The van der Waals surface area contributed by atoms with Gasteiger partial charge in [-0.15, -0.1) is 0 Å². The summed E-state index contributed by atoms with van der Waals surface area (Å²) < 4.78 is 10.4. The van der Waals surface area contributed by atoms with Crippen molar-refractivity contribution in [3.8, 4) is 5.75 Å². The topological polar surface area (TPSA) is 47.6 Å². The third-order valence-electron chi connectivity index (χ3n) is 3.74. The average Bonchev–Trinajstić information content (AvgIpc) is 2.48. The minimum Gasteiger partial charge on any atom is -0.497 e. The van der Waals surface area contributed by atoms with Gasteiger partial charge in [0.25, 0.3) is 0 Å². The van der Waals surface area contributed by atoms with Crippen LogP contribution in [0.3, 0.4) is 0 Å². The number of amides is 1. The lowest BCUT2D eigenvalue weighted by molar-refractivity contribution is -0.122. The molecule has 1 N–H and O–H groups in total. The summed E-state index contributed by atoms with van der Waals surface area (Å²) in [5.74, 6) is 1.31. The van der Waals surface area contributed by atoms with E-state index in [2.05, 4.69) is 5.32 Å². The maximum absolute atomic E-state index is 12.2. The van der Waals surface area contributed by atoms with Gasteiger partial charge >= 0.3 is 0 Å². The third kappa shape index (κ3) is 3.70. The molecule has 1 saturated heterocycles. The normalized spacial score (nSPS) is 17.8. The van der Waals surface area contributed by atoms with Crippen LogP contribution >= 0.6 is 0 Å². The van der Waals surface area contributed by atoms with Crippen LogP contribution in [0.15, 0.2) is 24.3 Å². The zero-order chi connectivity index (χ0) is 13.7. The van der Waals surface area contributed by atoms with Gasteiger partial charge in [-0.2, -0.15) is 0 Å². The van der Waals surface area contributed by atoms with Crippen molar-refractivity contribution in [1.29, 1.82) is 0 Å². The molecule has 1 amide bonds. The molecule has 0 spiro atoms. The quantitative estimate of drug-likeness (QED) is 0.908. The highest BCUT2D eigenvalue weighted by molar-refractivity contribution is 5.92. The second-order valence-electron chi connectivity index (χ2n) is 4.96. The first-order valence-electron chi connectivity index (χ1n) is 6.73. The predicted octanol–water partition coefficient (Wildman–Crippen LogP) is 2.70. The SMILES string of the molecule is COc1ccc(NC(=O)C(C)C2CCOCC2)cc1. The fraction of sp³-hybridized carbons (Fsp3) is 0.533. The molecule has 1 unspecified atom stereocenters. The Morgan fingerprint density at radius 3 is 2.53 bits per heavy atom. The Morgan fingerprint density at radius 2 is 1.95 bits per heavy atom. The van der Waals surface area contributed by atoms with Crippen LogP contribution in [-0.2, 0) is 9.53 Å². The molecule has 1 fully saturated rings. The molecule has 0 bridgehead atoms. The van der Waals surface area contributed by atoms with Gasteiger partial charge in [0.15, 0.2) is 0 Å². The summed E-state index contributed by atoms with van der Waals surface area (Å²) in [7, 11) is 1.63. The fourth-order valence-corrected chi connectivity index (χ4v) is 2.36. The summed E-state index contributed by atoms with van der Waals surface area (Å²) in [4.78, 5) is 12.2. The first-order valence-corrected chi connectivity index (χ1v) is 6.73. The van der Waals surface area contributed by atoms with E-state index in [9.17, 15) is 4.79 Å². The molecule has 1 atom stereocenters. The minimum absolute atomic E-state index is 0.0194. The molecule has 4 heteroatoms. The Morgan fingerprint density at radius 1 is 1.32 bits per heavy atom. The first-order chi connectivity index (χ1) is 9.20. The number of anilines is 1. The van der Waals surface area contributed by atoms with Gasteiger partial charge in [0.1, 0.15) is 5.75 Å². The van der Waals surface area contributed by atoms with E-state index in [1.54, 1.807) is 7.11 Å². The van der Waals surface area contributed by atoms with Crippen molar-refractivity contribution in [2.75, 3.05) is 25.6 Å². The molecule has 1 aliphatic rings. The van der Waals surface area contributed by atoms with Gasteiger partial charge in [0, 0.05) is 24.8 Å². The van der Waals surface area contributed by atoms with Crippen LogP contribution in [0.2, 0.25) is 0 Å². The number of methoxy groups -OCH3 is 1. The van der Waals surface area contributed by atoms with Gasteiger partial charge in [0.05, 0.1) is 7.11 Å². The Balaban J connectivity index is 1.91. The lowest BCUT2D eigenvalue weighted by atomic mass is 9.87. The molecular weight excluding hydrogens is 242 g/mol. The number of ether oxygens (including phenoxy) is 2. The van der Waals surface area contributed by atoms with Gasteiger partial charge in [0.2, 0.25) is 5.91 Å². The van der Waals surface area contributed by atoms with Gasteiger partial charge in [-0.05, 0) is 43.0 Å². The van der Waals surface area contributed by atoms with Crippen molar-refractivity contribution in [1.82, 2.24) is 0 Å². The van der Waals surface area contributed by atoms with Crippen molar-refractivity contribution in [2.24, 2.45) is 11.8 Å². The molecule has 1 heterocycles. The van der Waals surface area contributed by atoms with E-state index in [1.807, 2.05) is 31.2 Å². The van der Waals surface area contributed by atoms with E-state index in [0.29, 0.717) is 5.92 Å². The van der Waals surface area contributed by atoms with Crippen LogP contribution in [0, 0.1) is 11.8 Å². The van der Waals surface area contributed by atoms with E-state index in [-0.39, 0.29) is 11.8 Å². The van der Waals surface area contributed by atoms with Crippen LogP contribution < -0.4 is 10.1 Å². The number of rotatable bonds is 4. The van der Waals surface area contributed by atoms with E-state index < -0.39 is 0 Å². The van der Waals surface area contributed by atoms with Gasteiger partial charge < -0.3 is 14.8 Å². The summed E-state index contributed by atoms with van der Waals surface area (Å²) in [6, 6.07) is 7.39. The zero-order valence-corrected chi connectivity index (χ0v) is 11.5. The molecule has 104 valence electrons. The smallest absolute Gasteiger partial charge is 0.227 e. The summed E-state index contributed by atoms with van der Waals surface area (Å²) in [5, 5.41) is 2.95. The fourth-order valence-electron chi connectivity index (χ4n) is 2.36. The maximum atomic E-state index is 12.2. The molecule has 2 rings (SSSR count). The van der Waals surface area contributed by atoms with Crippen molar-refractivity contribution in [2.45, 2.75) is 19.8 Å². The monoisotopic (exact) mass is 263 g/mol. The van der Waals surface area contributed by atoms with Crippen LogP contribution in [0.1, 0.15) is 19.8 Å². The summed E-state index contributed by atoms with van der Waals surface area (Å²) in [6.07, 6.45) is 1.94. The lowest BCUT2D eigenvalue weighted by Gasteiger charge is -2.26. The number of hydrogen-bond acceptors (Lipinski definition) is 3. The largest absolute Gasteiger partial charge is 0.497 e.